The number of aliphatic hydroxyl groups is 3. The van der Waals surface area contributed by atoms with Crippen molar-refractivity contribution in [1.29, 1.82) is 0 Å². The van der Waals surface area contributed by atoms with Crippen molar-refractivity contribution in [2.75, 3.05) is 6.61 Å². The SMILES string of the molecule is CC(=O)OC(C)OC(=O)/N=C(\N)c1ncn(C2OC(CO)C(O)C2O)n1. The molecule has 1 aliphatic rings. The van der Waals surface area contributed by atoms with Crippen LogP contribution >= 0.6 is 0 Å². The number of aliphatic imine (C=N–C) groups is 1. The van der Waals surface area contributed by atoms with Gasteiger partial charge in [0, 0.05) is 13.8 Å². The van der Waals surface area contributed by atoms with Crippen LogP contribution in [0.5, 0.6) is 0 Å². The van der Waals surface area contributed by atoms with E-state index in [1.54, 1.807) is 0 Å². The zero-order chi connectivity index (χ0) is 19.4. The largest absolute Gasteiger partial charge is 0.438 e. The summed E-state index contributed by atoms with van der Waals surface area (Å²) in [4.78, 5) is 29.6. The number of carbonyl (C=O) groups excluding carboxylic acids is 2. The first-order valence-corrected chi connectivity index (χ1v) is 7.49. The van der Waals surface area contributed by atoms with E-state index in [1.165, 1.54) is 6.92 Å². The maximum absolute atomic E-state index is 11.6. The van der Waals surface area contributed by atoms with E-state index in [2.05, 4.69) is 24.5 Å². The van der Waals surface area contributed by atoms with Gasteiger partial charge in [-0.05, 0) is 0 Å². The van der Waals surface area contributed by atoms with Crippen molar-refractivity contribution >= 4 is 17.9 Å². The number of nitrogens with zero attached hydrogens (tertiary/aromatic N) is 4. The third-order valence-electron chi connectivity index (χ3n) is 3.33. The van der Waals surface area contributed by atoms with Crippen LogP contribution in [0.2, 0.25) is 0 Å². The van der Waals surface area contributed by atoms with Gasteiger partial charge in [-0.25, -0.2) is 14.5 Å². The van der Waals surface area contributed by atoms with E-state index < -0.39 is 55.3 Å². The molecule has 0 aromatic carbocycles. The van der Waals surface area contributed by atoms with Gasteiger partial charge in [0.25, 0.3) is 0 Å². The maximum Gasteiger partial charge on any atom is 0.438 e. The Kier molecular flexibility index (Phi) is 6.20. The lowest BCUT2D eigenvalue weighted by Crippen LogP contribution is -2.33. The van der Waals surface area contributed by atoms with Crippen molar-refractivity contribution in [3.63, 3.8) is 0 Å². The van der Waals surface area contributed by atoms with Crippen LogP contribution in [0.25, 0.3) is 0 Å². The predicted molar refractivity (Wildman–Crippen MR) is 81.5 cm³/mol. The monoisotopic (exact) mass is 373 g/mol. The Labute approximate surface area is 147 Å². The van der Waals surface area contributed by atoms with Gasteiger partial charge in [0.1, 0.15) is 24.6 Å². The van der Waals surface area contributed by atoms with Gasteiger partial charge < -0.3 is 35.3 Å². The van der Waals surface area contributed by atoms with Gasteiger partial charge in [-0.1, -0.05) is 0 Å². The summed E-state index contributed by atoms with van der Waals surface area (Å²) >= 11 is 0. The first-order valence-electron chi connectivity index (χ1n) is 7.49. The van der Waals surface area contributed by atoms with Crippen molar-refractivity contribution in [2.24, 2.45) is 10.7 Å². The number of amidine groups is 1. The molecule has 1 aliphatic heterocycles. The highest BCUT2D eigenvalue weighted by Crippen LogP contribution is 2.28. The van der Waals surface area contributed by atoms with Gasteiger partial charge in [0.15, 0.2) is 12.1 Å². The zero-order valence-electron chi connectivity index (χ0n) is 13.9. The van der Waals surface area contributed by atoms with Gasteiger partial charge >= 0.3 is 12.1 Å². The van der Waals surface area contributed by atoms with Crippen LogP contribution in [0.15, 0.2) is 11.3 Å². The van der Waals surface area contributed by atoms with Crippen LogP contribution < -0.4 is 5.73 Å². The van der Waals surface area contributed by atoms with E-state index >= 15 is 0 Å². The van der Waals surface area contributed by atoms with E-state index in [-0.39, 0.29) is 5.82 Å². The highest BCUT2D eigenvalue weighted by atomic mass is 16.7. The van der Waals surface area contributed by atoms with Crippen LogP contribution in [-0.4, -0.2) is 79.2 Å². The molecule has 1 fully saturated rings. The van der Waals surface area contributed by atoms with Gasteiger partial charge in [-0.15, -0.1) is 5.10 Å². The van der Waals surface area contributed by atoms with Crippen LogP contribution in [0.3, 0.4) is 0 Å². The average molecular weight is 373 g/mol. The molecule has 2 rings (SSSR count). The highest BCUT2D eigenvalue weighted by Gasteiger charge is 2.44. The van der Waals surface area contributed by atoms with E-state index in [0.717, 1.165) is 17.9 Å². The number of aliphatic hydroxyl groups excluding tert-OH is 3. The molecule has 2 heterocycles. The van der Waals surface area contributed by atoms with Crippen LogP contribution in [0.1, 0.15) is 25.9 Å². The van der Waals surface area contributed by atoms with Crippen molar-refractivity contribution < 1.29 is 39.1 Å². The molecule has 5 atom stereocenters. The van der Waals surface area contributed by atoms with Gasteiger partial charge in [0.2, 0.25) is 12.1 Å². The molecule has 0 aliphatic carbocycles. The Morgan fingerprint density at radius 3 is 2.69 bits per heavy atom. The molecule has 5 unspecified atom stereocenters. The van der Waals surface area contributed by atoms with Crippen molar-refractivity contribution in [1.82, 2.24) is 14.8 Å². The first-order chi connectivity index (χ1) is 12.2. The summed E-state index contributed by atoms with van der Waals surface area (Å²) in [5.74, 6) is -1.20. The zero-order valence-corrected chi connectivity index (χ0v) is 13.9. The number of amides is 1. The Morgan fingerprint density at radius 1 is 1.42 bits per heavy atom. The second-order valence-corrected chi connectivity index (χ2v) is 5.33. The minimum absolute atomic E-state index is 0.167. The minimum Gasteiger partial charge on any atom is -0.426 e. The van der Waals surface area contributed by atoms with Crippen molar-refractivity contribution in [3.05, 3.63) is 12.2 Å². The Bertz CT molecular complexity index is 692. The molecule has 1 amide bonds. The van der Waals surface area contributed by atoms with Crippen LogP contribution in [0, 0.1) is 0 Å². The Balaban J connectivity index is 2.04. The number of rotatable bonds is 5. The number of hydrogen-bond donors (Lipinski definition) is 4. The summed E-state index contributed by atoms with van der Waals surface area (Å²) in [5.41, 5.74) is 5.61. The van der Waals surface area contributed by atoms with E-state index in [9.17, 15) is 19.8 Å². The van der Waals surface area contributed by atoms with Crippen LogP contribution in [-0.2, 0) is 19.0 Å². The van der Waals surface area contributed by atoms with Crippen molar-refractivity contribution in [2.45, 2.75) is 44.7 Å². The fraction of sp³-hybridized carbons (Fsp3) is 0.615. The Hall–Kier alpha value is -2.61. The van der Waals surface area contributed by atoms with Crippen LogP contribution in [0.4, 0.5) is 4.79 Å². The van der Waals surface area contributed by atoms with E-state index in [1.807, 2.05) is 0 Å². The number of aromatic nitrogens is 3. The second-order valence-electron chi connectivity index (χ2n) is 5.33. The third-order valence-corrected chi connectivity index (χ3v) is 3.33. The molecular formula is C13H19N5O8. The summed E-state index contributed by atoms with van der Waals surface area (Å²) < 4.78 is 15.6. The maximum atomic E-state index is 11.6. The third kappa shape index (κ3) is 4.51. The lowest BCUT2D eigenvalue weighted by Gasteiger charge is -2.13. The Morgan fingerprint density at radius 2 is 2.12 bits per heavy atom. The lowest BCUT2D eigenvalue weighted by atomic mass is 10.1. The van der Waals surface area contributed by atoms with E-state index in [4.69, 9.17) is 15.6 Å². The summed E-state index contributed by atoms with van der Waals surface area (Å²) in [6.07, 6.45) is -5.87. The molecular weight excluding hydrogens is 354 g/mol. The predicted octanol–water partition coefficient (Wildman–Crippen LogP) is -2.36. The van der Waals surface area contributed by atoms with Gasteiger partial charge in [-0.2, -0.15) is 4.99 Å². The number of hydrogen-bond acceptors (Lipinski definition) is 10. The number of carbonyl (C=O) groups is 2. The standard InChI is InChI=1S/C13H19N5O8/c1-5(20)24-6(2)25-13(23)16-10(14)11-15-4-18(17-11)12-9(22)8(21)7(3-19)26-12/h4,6-9,12,19,21-22H,3H2,1-2H3,(H2,14,16,23). The molecule has 13 heteroatoms. The van der Waals surface area contributed by atoms with Gasteiger partial charge in [-0.3, -0.25) is 4.79 Å². The second kappa shape index (κ2) is 8.18. The normalized spacial score (nSPS) is 27.2. The fourth-order valence-corrected chi connectivity index (χ4v) is 2.19. The summed E-state index contributed by atoms with van der Waals surface area (Å²) in [6, 6.07) is 0. The molecule has 1 aromatic heterocycles. The molecule has 1 aromatic rings. The highest BCUT2D eigenvalue weighted by molar-refractivity contribution is 5.99. The molecule has 5 N–H and O–H groups in total. The summed E-state index contributed by atoms with van der Waals surface area (Å²) in [6.45, 7) is 1.97. The minimum atomic E-state index is -1.35. The quantitative estimate of drug-likeness (QED) is 0.187. The molecule has 0 radical (unpaired) electrons. The lowest BCUT2D eigenvalue weighted by molar-refractivity contribution is -0.161. The van der Waals surface area contributed by atoms with Gasteiger partial charge in [0.05, 0.1) is 6.61 Å². The number of ether oxygens (including phenoxy) is 3. The molecule has 13 nitrogen and oxygen atoms in total. The molecule has 0 saturated carbocycles. The van der Waals surface area contributed by atoms with E-state index in [0.29, 0.717) is 0 Å². The smallest absolute Gasteiger partial charge is 0.426 e. The van der Waals surface area contributed by atoms with Crippen molar-refractivity contribution in [3.8, 4) is 0 Å². The number of nitrogens with two attached hydrogens (primary N) is 1. The molecule has 0 spiro atoms. The summed E-state index contributed by atoms with van der Waals surface area (Å²) in [7, 11) is 0. The first kappa shape index (κ1) is 19.7. The number of esters is 1. The molecule has 1 saturated heterocycles. The average Bonchev–Trinajstić information content (AvgIpc) is 3.12. The molecule has 144 valence electrons. The fourth-order valence-electron chi connectivity index (χ4n) is 2.19. The molecule has 26 heavy (non-hydrogen) atoms. The topological polar surface area (TPSA) is 192 Å². The summed E-state index contributed by atoms with van der Waals surface area (Å²) in [5, 5.41) is 32.6. The molecule has 0 bridgehead atoms.